The molecule has 0 saturated carbocycles. The van der Waals surface area contributed by atoms with Gasteiger partial charge in [-0.15, -0.1) is 0 Å². The number of nitrogens with two attached hydrogens (primary N) is 1. The maximum atomic E-state index is 11.9. The maximum Gasteiger partial charge on any atom is 0.326 e. The zero-order valence-electron chi connectivity index (χ0n) is 10.3. The van der Waals surface area contributed by atoms with Gasteiger partial charge in [-0.3, -0.25) is 9.59 Å². The summed E-state index contributed by atoms with van der Waals surface area (Å²) < 4.78 is 4.99. The SMILES string of the molecule is COc1ccccc1C(=O)NC(CC(N)=O)C(=O)O. The van der Waals surface area contributed by atoms with Gasteiger partial charge in [-0.25, -0.2) is 4.79 Å². The third kappa shape index (κ3) is 3.98. The minimum Gasteiger partial charge on any atom is -0.496 e. The summed E-state index contributed by atoms with van der Waals surface area (Å²) in [7, 11) is 1.39. The third-order valence-electron chi connectivity index (χ3n) is 2.36. The van der Waals surface area contributed by atoms with Crippen molar-refractivity contribution in [2.45, 2.75) is 12.5 Å². The summed E-state index contributed by atoms with van der Waals surface area (Å²) in [4.78, 5) is 33.6. The van der Waals surface area contributed by atoms with Crippen molar-refractivity contribution < 1.29 is 24.2 Å². The number of hydrogen-bond donors (Lipinski definition) is 3. The second-order valence-electron chi connectivity index (χ2n) is 3.74. The van der Waals surface area contributed by atoms with Gasteiger partial charge in [0.05, 0.1) is 19.1 Å². The number of rotatable bonds is 6. The molecule has 0 heterocycles. The number of methoxy groups -OCH3 is 1. The number of aliphatic carboxylic acids is 1. The second kappa shape index (κ2) is 6.39. The van der Waals surface area contributed by atoms with Gasteiger partial charge in [0.2, 0.25) is 5.91 Å². The van der Waals surface area contributed by atoms with Crippen LogP contribution in [0.5, 0.6) is 5.75 Å². The van der Waals surface area contributed by atoms with E-state index < -0.39 is 30.2 Å². The summed E-state index contributed by atoms with van der Waals surface area (Å²) in [5, 5.41) is 11.1. The highest BCUT2D eigenvalue weighted by molar-refractivity contribution is 5.99. The van der Waals surface area contributed by atoms with Crippen LogP contribution in [0, 0.1) is 0 Å². The number of amides is 2. The average molecular weight is 266 g/mol. The molecule has 0 fully saturated rings. The van der Waals surface area contributed by atoms with Crippen molar-refractivity contribution >= 4 is 17.8 Å². The molecule has 0 aromatic heterocycles. The molecule has 1 aromatic rings. The Bertz CT molecular complexity index is 501. The van der Waals surface area contributed by atoms with Crippen molar-refractivity contribution in [3.05, 3.63) is 29.8 Å². The molecule has 4 N–H and O–H groups in total. The molecule has 1 unspecified atom stereocenters. The summed E-state index contributed by atoms with van der Waals surface area (Å²) >= 11 is 0. The number of hydrogen-bond acceptors (Lipinski definition) is 4. The lowest BCUT2D eigenvalue weighted by atomic mass is 10.1. The van der Waals surface area contributed by atoms with Gasteiger partial charge in [-0.05, 0) is 12.1 Å². The Morgan fingerprint density at radius 1 is 1.37 bits per heavy atom. The van der Waals surface area contributed by atoms with E-state index in [9.17, 15) is 14.4 Å². The molecular weight excluding hydrogens is 252 g/mol. The first kappa shape index (κ1) is 14.5. The van der Waals surface area contributed by atoms with Crippen molar-refractivity contribution in [2.24, 2.45) is 5.73 Å². The number of carboxylic acids is 1. The Morgan fingerprint density at radius 2 is 2.00 bits per heavy atom. The summed E-state index contributed by atoms with van der Waals surface area (Å²) in [5.41, 5.74) is 5.10. The fourth-order valence-electron chi connectivity index (χ4n) is 1.47. The Balaban J connectivity index is 2.87. The van der Waals surface area contributed by atoms with Crippen LogP contribution in [0.3, 0.4) is 0 Å². The van der Waals surface area contributed by atoms with Crippen LogP contribution in [-0.2, 0) is 9.59 Å². The number of primary amides is 1. The number of nitrogens with one attached hydrogen (secondary N) is 1. The van der Waals surface area contributed by atoms with E-state index >= 15 is 0 Å². The lowest BCUT2D eigenvalue weighted by Gasteiger charge is -2.14. The van der Waals surface area contributed by atoms with Crippen LogP contribution in [-0.4, -0.2) is 36.0 Å². The van der Waals surface area contributed by atoms with Crippen LogP contribution in [0.1, 0.15) is 16.8 Å². The van der Waals surface area contributed by atoms with Gasteiger partial charge in [-0.2, -0.15) is 0 Å². The number of carbonyl (C=O) groups is 3. The van der Waals surface area contributed by atoms with Gasteiger partial charge in [-0.1, -0.05) is 12.1 Å². The van der Waals surface area contributed by atoms with Crippen molar-refractivity contribution in [1.82, 2.24) is 5.32 Å². The van der Waals surface area contributed by atoms with E-state index in [0.29, 0.717) is 5.75 Å². The molecule has 0 aliphatic rings. The minimum absolute atomic E-state index is 0.181. The number of benzene rings is 1. The number of carboxylic acid groups (broad SMARTS) is 1. The quantitative estimate of drug-likeness (QED) is 0.656. The molecule has 0 aliphatic carbocycles. The molecule has 1 rings (SSSR count). The molecule has 0 radical (unpaired) electrons. The molecule has 7 nitrogen and oxygen atoms in total. The van der Waals surface area contributed by atoms with E-state index in [2.05, 4.69) is 5.32 Å². The topological polar surface area (TPSA) is 119 Å². The van der Waals surface area contributed by atoms with E-state index in [1.165, 1.54) is 13.2 Å². The van der Waals surface area contributed by atoms with Crippen LogP contribution in [0.2, 0.25) is 0 Å². The van der Waals surface area contributed by atoms with E-state index in [-0.39, 0.29) is 5.56 Å². The van der Waals surface area contributed by atoms with Gasteiger partial charge in [0.25, 0.3) is 5.91 Å². The third-order valence-corrected chi connectivity index (χ3v) is 2.36. The zero-order chi connectivity index (χ0) is 14.4. The fraction of sp³-hybridized carbons (Fsp3) is 0.250. The van der Waals surface area contributed by atoms with Gasteiger partial charge >= 0.3 is 5.97 Å². The number of carbonyl (C=O) groups excluding carboxylic acids is 2. The molecular formula is C12H14N2O5. The van der Waals surface area contributed by atoms with Crippen molar-refractivity contribution in [3.8, 4) is 5.75 Å². The number of para-hydroxylation sites is 1. The first-order valence-corrected chi connectivity index (χ1v) is 5.40. The molecule has 2 amide bonds. The molecule has 102 valence electrons. The first-order chi connectivity index (χ1) is 8.95. The Hall–Kier alpha value is -2.57. The minimum atomic E-state index is -1.37. The van der Waals surface area contributed by atoms with Crippen molar-refractivity contribution in [3.63, 3.8) is 0 Å². The molecule has 1 atom stereocenters. The maximum absolute atomic E-state index is 11.9. The molecule has 0 saturated heterocycles. The van der Waals surface area contributed by atoms with Gasteiger partial charge < -0.3 is 20.9 Å². The highest BCUT2D eigenvalue weighted by atomic mass is 16.5. The molecule has 0 bridgehead atoms. The van der Waals surface area contributed by atoms with E-state index in [1.54, 1.807) is 18.2 Å². The standard InChI is InChI=1S/C12H14N2O5/c1-19-9-5-3-2-4-7(9)11(16)14-8(12(17)18)6-10(13)15/h2-5,8H,6H2,1H3,(H2,13,15)(H,14,16)(H,17,18). The Labute approximate surface area is 109 Å². The van der Waals surface area contributed by atoms with Crippen LogP contribution in [0.25, 0.3) is 0 Å². The Morgan fingerprint density at radius 3 is 2.53 bits per heavy atom. The zero-order valence-corrected chi connectivity index (χ0v) is 10.3. The summed E-state index contributed by atoms with van der Waals surface area (Å²) in [6, 6.07) is 4.97. The molecule has 19 heavy (non-hydrogen) atoms. The monoisotopic (exact) mass is 266 g/mol. The fourth-order valence-corrected chi connectivity index (χ4v) is 1.47. The molecule has 7 heteroatoms. The largest absolute Gasteiger partial charge is 0.496 e. The van der Waals surface area contributed by atoms with Crippen LogP contribution in [0.15, 0.2) is 24.3 Å². The predicted molar refractivity (Wildman–Crippen MR) is 65.7 cm³/mol. The average Bonchev–Trinajstić information content (AvgIpc) is 2.37. The van der Waals surface area contributed by atoms with E-state index in [0.717, 1.165) is 0 Å². The second-order valence-corrected chi connectivity index (χ2v) is 3.74. The van der Waals surface area contributed by atoms with Crippen LogP contribution < -0.4 is 15.8 Å². The van der Waals surface area contributed by atoms with Crippen molar-refractivity contribution in [1.29, 1.82) is 0 Å². The number of ether oxygens (including phenoxy) is 1. The van der Waals surface area contributed by atoms with Gasteiger partial charge in [0.1, 0.15) is 11.8 Å². The van der Waals surface area contributed by atoms with E-state index in [4.69, 9.17) is 15.6 Å². The highest BCUT2D eigenvalue weighted by Crippen LogP contribution is 2.17. The van der Waals surface area contributed by atoms with Crippen molar-refractivity contribution in [2.75, 3.05) is 7.11 Å². The summed E-state index contributed by atoms with van der Waals surface area (Å²) in [5.74, 6) is -2.48. The van der Waals surface area contributed by atoms with Crippen LogP contribution in [0.4, 0.5) is 0 Å². The Kier molecular flexibility index (Phi) is 4.87. The lowest BCUT2D eigenvalue weighted by Crippen LogP contribution is -2.43. The molecule has 0 aliphatic heterocycles. The van der Waals surface area contributed by atoms with E-state index in [1.807, 2.05) is 0 Å². The lowest BCUT2D eigenvalue weighted by molar-refractivity contribution is -0.140. The first-order valence-electron chi connectivity index (χ1n) is 5.40. The summed E-state index contributed by atoms with van der Waals surface area (Å²) in [6.07, 6.45) is -0.476. The van der Waals surface area contributed by atoms with Crippen LogP contribution >= 0.6 is 0 Å². The molecule has 0 spiro atoms. The van der Waals surface area contributed by atoms with Gasteiger partial charge in [0, 0.05) is 0 Å². The normalized spacial score (nSPS) is 11.4. The smallest absolute Gasteiger partial charge is 0.326 e. The predicted octanol–water partition coefficient (Wildman–Crippen LogP) is -0.246. The summed E-state index contributed by atoms with van der Waals surface area (Å²) in [6.45, 7) is 0. The molecule has 1 aromatic carbocycles. The van der Waals surface area contributed by atoms with Gasteiger partial charge in [0.15, 0.2) is 0 Å². The highest BCUT2D eigenvalue weighted by Gasteiger charge is 2.23.